The van der Waals surface area contributed by atoms with Crippen LogP contribution in [0.3, 0.4) is 0 Å². The molecule has 0 fully saturated rings. The van der Waals surface area contributed by atoms with Crippen LogP contribution in [0.25, 0.3) is 0 Å². The predicted octanol–water partition coefficient (Wildman–Crippen LogP) is 4.09. The second-order valence-corrected chi connectivity index (χ2v) is 7.77. The van der Waals surface area contributed by atoms with E-state index in [1.54, 1.807) is 6.92 Å². The zero-order chi connectivity index (χ0) is 20.1. The van der Waals surface area contributed by atoms with Crippen molar-refractivity contribution in [2.45, 2.75) is 51.5 Å². The van der Waals surface area contributed by atoms with E-state index in [1.807, 2.05) is 54.3 Å². The number of aryl methyl sites for hydroxylation is 1. The van der Waals surface area contributed by atoms with Crippen LogP contribution in [0.4, 0.5) is 11.4 Å². The fourth-order valence-electron chi connectivity index (χ4n) is 3.68. The van der Waals surface area contributed by atoms with Gasteiger partial charge in [-0.25, -0.2) is 0 Å². The number of halogens is 1. The molecule has 156 valence electrons. The van der Waals surface area contributed by atoms with Crippen LogP contribution < -0.4 is 16.0 Å². The van der Waals surface area contributed by atoms with Gasteiger partial charge in [-0.3, -0.25) is 9.59 Å². The predicted molar refractivity (Wildman–Crippen MR) is 121 cm³/mol. The van der Waals surface area contributed by atoms with Gasteiger partial charge in [0.2, 0.25) is 11.8 Å². The van der Waals surface area contributed by atoms with E-state index in [1.165, 1.54) is 5.56 Å². The molecule has 0 spiro atoms. The van der Waals surface area contributed by atoms with Gasteiger partial charge in [0.1, 0.15) is 0 Å². The first-order valence-corrected chi connectivity index (χ1v) is 9.98. The molecule has 1 aliphatic rings. The van der Waals surface area contributed by atoms with Crippen molar-refractivity contribution in [3.8, 4) is 0 Å². The molecule has 5 nitrogen and oxygen atoms in total. The minimum Gasteiger partial charge on any atom is -0.325 e. The lowest BCUT2D eigenvalue weighted by atomic mass is 9.96. The highest BCUT2D eigenvalue weighted by atomic mass is 35.5. The van der Waals surface area contributed by atoms with Crippen molar-refractivity contribution in [2.24, 2.45) is 5.73 Å². The number of benzene rings is 2. The fraction of sp³-hybridized carbons (Fsp3) is 0.391. The maximum Gasteiger partial charge on any atom is 0.244 e. The second-order valence-electron chi connectivity index (χ2n) is 7.77. The summed E-state index contributed by atoms with van der Waals surface area (Å²) in [4.78, 5) is 27.0. The molecule has 3 rings (SSSR count). The smallest absolute Gasteiger partial charge is 0.244 e. The van der Waals surface area contributed by atoms with Crippen LogP contribution >= 0.6 is 12.4 Å². The minimum absolute atomic E-state index is 0. The molecule has 1 heterocycles. The van der Waals surface area contributed by atoms with E-state index in [0.29, 0.717) is 18.5 Å². The molecule has 3 N–H and O–H groups in total. The Labute approximate surface area is 179 Å². The number of rotatable bonds is 6. The molecule has 1 atom stereocenters. The third-order valence-electron chi connectivity index (χ3n) is 5.27. The number of nitrogens with zero attached hydrogens (tertiary/aromatic N) is 1. The van der Waals surface area contributed by atoms with Gasteiger partial charge in [0, 0.05) is 17.9 Å². The Balaban J connectivity index is 0.00000300. The van der Waals surface area contributed by atoms with Crippen LogP contribution in [0.1, 0.15) is 44.2 Å². The Kier molecular flexibility index (Phi) is 7.82. The van der Waals surface area contributed by atoms with E-state index in [4.69, 9.17) is 5.73 Å². The first kappa shape index (κ1) is 22.9. The highest BCUT2D eigenvalue weighted by Crippen LogP contribution is 2.27. The van der Waals surface area contributed by atoms with Crippen molar-refractivity contribution in [2.75, 3.05) is 16.8 Å². The molecule has 6 heteroatoms. The number of hydrogen-bond donors (Lipinski definition) is 2. The molecule has 0 aliphatic carbocycles. The van der Waals surface area contributed by atoms with Crippen LogP contribution in [0.5, 0.6) is 0 Å². The lowest BCUT2D eigenvalue weighted by Gasteiger charge is -2.29. The molecular weight excluding hydrogens is 386 g/mol. The number of nitrogens with two attached hydrogens (primary N) is 1. The van der Waals surface area contributed by atoms with E-state index in [9.17, 15) is 9.59 Å². The van der Waals surface area contributed by atoms with Crippen molar-refractivity contribution >= 4 is 35.6 Å². The molecule has 0 saturated heterocycles. The van der Waals surface area contributed by atoms with Crippen LogP contribution in [0.2, 0.25) is 0 Å². The van der Waals surface area contributed by atoms with Gasteiger partial charge in [0.15, 0.2) is 0 Å². The largest absolute Gasteiger partial charge is 0.325 e. The van der Waals surface area contributed by atoms with E-state index in [2.05, 4.69) is 11.4 Å². The summed E-state index contributed by atoms with van der Waals surface area (Å²) in [5.74, 6) is -0.0930. The summed E-state index contributed by atoms with van der Waals surface area (Å²) < 4.78 is 0. The minimum atomic E-state index is -0.884. The summed E-state index contributed by atoms with van der Waals surface area (Å²) in [6, 6.07) is 15.5. The molecule has 2 aromatic rings. The number of anilines is 2. The molecule has 1 aliphatic heterocycles. The SMILES string of the molecule is CCCC(C)(N)C(=O)Nc1ccc(CC(=O)N2CCCc3ccccc32)cc1.Cl. The molecule has 0 aromatic heterocycles. The summed E-state index contributed by atoms with van der Waals surface area (Å²) in [5.41, 5.74) is 9.07. The van der Waals surface area contributed by atoms with Gasteiger partial charge in [-0.15, -0.1) is 12.4 Å². The number of amides is 2. The maximum atomic E-state index is 12.8. The summed E-state index contributed by atoms with van der Waals surface area (Å²) in [6.07, 6.45) is 3.83. The van der Waals surface area contributed by atoms with Gasteiger partial charge in [-0.1, -0.05) is 43.7 Å². The summed E-state index contributed by atoms with van der Waals surface area (Å²) in [5, 5.41) is 2.86. The Hall–Kier alpha value is -2.37. The van der Waals surface area contributed by atoms with Crippen LogP contribution in [0, 0.1) is 0 Å². The number of hydrogen-bond acceptors (Lipinski definition) is 3. The van der Waals surface area contributed by atoms with Crippen molar-refractivity contribution in [3.63, 3.8) is 0 Å². The topological polar surface area (TPSA) is 75.4 Å². The molecule has 29 heavy (non-hydrogen) atoms. The van der Waals surface area contributed by atoms with Crippen LogP contribution in [0.15, 0.2) is 48.5 Å². The van der Waals surface area contributed by atoms with Crippen LogP contribution in [-0.2, 0) is 22.4 Å². The molecule has 2 amide bonds. The summed E-state index contributed by atoms with van der Waals surface area (Å²) in [6.45, 7) is 4.51. The zero-order valence-corrected chi connectivity index (χ0v) is 17.9. The van der Waals surface area contributed by atoms with Gasteiger partial charge in [0.05, 0.1) is 12.0 Å². The zero-order valence-electron chi connectivity index (χ0n) is 17.1. The average molecular weight is 416 g/mol. The van der Waals surface area contributed by atoms with E-state index < -0.39 is 5.54 Å². The number of nitrogens with one attached hydrogen (secondary N) is 1. The first-order valence-electron chi connectivity index (χ1n) is 9.98. The highest BCUT2D eigenvalue weighted by Gasteiger charge is 2.27. The van der Waals surface area contributed by atoms with Crippen molar-refractivity contribution in [3.05, 3.63) is 59.7 Å². The third-order valence-corrected chi connectivity index (χ3v) is 5.27. The van der Waals surface area contributed by atoms with E-state index >= 15 is 0 Å². The Morgan fingerprint density at radius 2 is 1.83 bits per heavy atom. The molecule has 1 unspecified atom stereocenters. The van der Waals surface area contributed by atoms with Gasteiger partial charge < -0.3 is 16.0 Å². The van der Waals surface area contributed by atoms with Crippen molar-refractivity contribution in [1.82, 2.24) is 0 Å². The molecule has 2 aromatic carbocycles. The quantitative estimate of drug-likeness (QED) is 0.746. The van der Waals surface area contributed by atoms with Crippen LogP contribution in [-0.4, -0.2) is 23.9 Å². The number of carbonyl (C=O) groups is 2. The summed E-state index contributed by atoms with van der Waals surface area (Å²) >= 11 is 0. The average Bonchev–Trinajstić information content (AvgIpc) is 2.69. The fourth-order valence-corrected chi connectivity index (χ4v) is 3.68. The number of carbonyl (C=O) groups excluding carboxylic acids is 2. The number of fused-ring (bicyclic) bond motifs is 1. The Morgan fingerprint density at radius 1 is 1.14 bits per heavy atom. The van der Waals surface area contributed by atoms with Gasteiger partial charge in [-0.2, -0.15) is 0 Å². The van der Waals surface area contributed by atoms with Crippen molar-refractivity contribution in [1.29, 1.82) is 0 Å². The third kappa shape index (κ3) is 5.58. The van der Waals surface area contributed by atoms with Gasteiger partial charge in [-0.05, 0) is 55.5 Å². The lowest BCUT2D eigenvalue weighted by molar-refractivity contribution is -0.121. The van der Waals surface area contributed by atoms with Gasteiger partial charge >= 0.3 is 0 Å². The van der Waals surface area contributed by atoms with E-state index in [-0.39, 0.29) is 24.2 Å². The van der Waals surface area contributed by atoms with Gasteiger partial charge in [0.25, 0.3) is 0 Å². The maximum absolute atomic E-state index is 12.8. The van der Waals surface area contributed by atoms with Crippen molar-refractivity contribution < 1.29 is 9.59 Å². The normalized spacial score (nSPS) is 14.9. The Morgan fingerprint density at radius 3 is 2.52 bits per heavy atom. The summed E-state index contributed by atoms with van der Waals surface area (Å²) in [7, 11) is 0. The lowest BCUT2D eigenvalue weighted by Crippen LogP contribution is -2.48. The molecule has 0 bridgehead atoms. The molecular formula is C23H30ClN3O2. The molecule has 0 radical (unpaired) electrons. The first-order chi connectivity index (χ1) is 13.4. The number of para-hydroxylation sites is 1. The standard InChI is InChI=1S/C23H29N3O2.ClH/c1-3-14-23(2,24)22(28)25-19-12-10-17(11-13-19)16-21(27)26-15-6-8-18-7-4-5-9-20(18)26;/h4-5,7,9-13H,3,6,8,14-16,24H2,1-2H3,(H,25,28);1H. The highest BCUT2D eigenvalue weighted by molar-refractivity contribution is 5.98. The second kappa shape index (κ2) is 9.90. The Bertz CT molecular complexity index is 849. The monoisotopic (exact) mass is 415 g/mol. The molecule has 0 saturated carbocycles. The van der Waals surface area contributed by atoms with E-state index in [0.717, 1.165) is 37.1 Å².